The Hall–Kier alpha value is -3.39. The maximum absolute atomic E-state index is 13.7. The van der Waals surface area contributed by atoms with Crippen molar-refractivity contribution >= 4 is 27.3 Å². The van der Waals surface area contributed by atoms with Gasteiger partial charge in [0.05, 0.1) is 10.6 Å². The Morgan fingerprint density at radius 2 is 1.70 bits per heavy atom. The highest BCUT2D eigenvalue weighted by molar-refractivity contribution is 7.92. The van der Waals surface area contributed by atoms with Crippen LogP contribution in [-0.2, 0) is 14.8 Å². The number of sulfonamides is 1. The highest BCUT2D eigenvalue weighted by Gasteiger charge is 2.18. The highest BCUT2D eigenvalue weighted by atomic mass is 32.2. The Kier molecular flexibility index (Phi) is 6.37. The Balaban J connectivity index is 1.65. The third-order valence-electron chi connectivity index (χ3n) is 4.22. The molecule has 0 fully saturated rings. The average Bonchev–Trinajstić information content (AvgIpc) is 2.70. The predicted molar refractivity (Wildman–Crippen MR) is 114 cm³/mol. The smallest absolute Gasteiger partial charge is 0.265 e. The third-order valence-corrected chi connectivity index (χ3v) is 5.60. The first-order valence-corrected chi connectivity index (χ1v) is 10.6. The van der Waals surface area contributed by atoms with Crippen LogP contribution in [0.25, 0.3) is 0 Å². The van der Waals surface area contributed by atoms with Gasteiger partial charge in [-0.1, -0.05) is 24.3 Å². The fraction of sp³-hybridized carbons (Fsp3) is 0.136. The molecule has 0 saturated carbocycles. The summed E-state index contributed by atoms with van der Waals surface area (Å²) in [5.41, 5.74) is 1.28. The number of nitrogens with one attached hydrogen (secondary N) is 2. The molecule has 0 radical (unpaired) electrons. The number of para-hydroxylation sites is 1. The second kappa shape index (κ2) is 8.96. The second-order valence-corrected chi connectivity index (χ2v) is 8.36. The largest absolute Gasteiger partial charge is 0.481 e. The van der Waals surface area contributed by atoms with E-state index in [1.807, 2.05) is 25.1 Å². The number of halogens is 1. The molecule has 0 spiro atoms. The van der Waals surface area contributed by atoms with Crippen LogP contribution in [0.1, 0.15) is 12.5 Å². The van der Waals surface area contributed by atoms with Crippen LogP contribution in [0.2, 0.25) is 0 Å². The summed E-state index contributed by atoms with van der Waals surface area (Å²) in [6.45, 7) is 3.54. The summed E-state index contributed by atoms with van der Waals surface area (Å²) in [7, 11) is -3.97. The number of hydrogen-bond donors (Lipinski definition) is 2. The standard InChI is InChI=1S/C22H21FN2O4S/c1-15-6-5-7-18(14-15)29-16(2)22(26)24-17-10-12-19(13-11-17)30(27,28)25-21-9-4-3-8-20(21)23/h3-14,16,25H,1-2H3,(H,24,26)/t16-/m0/s1. The Bertz CT molecular complexity index is 1150. The summed E-state index contributed by atoms with van der Waals surface area (Å²) >= 11 is 0. The van der Waals surface area contributed by atoms with E-state index in [0.29, 0.717) is 11.4 Å². The van der Waals surface area contributed by atoms with E-state index < -0.39 is 21.9 Å². The molecule has 0 heterocycles. The number of hydrogen-bond acceptors (Lipinski definition) is 4. The first-order valence-electron chi connectivity index (χ1n) is 9.16. The van der Waals surface area contributed by atoms with E-state index in [-0.39, 0.29) is 16.5 Å². The number of carbonyl (C=O) groups is 1. The minimum absolute atomic E-state index is 0.0622. The van der Waals surface area contributed by atoms with E-state index in [2.05, 4.69) is 10.0 Å². The zero-order valence-electron chi connectivity index (χ0n) is 16.4. The van der Waals surface area contributed by atoms with Gasteiger partial charge in [0.25, 0.3) is 15.9 Å². The van der Waals surface area contributed by atoms with Gasteiger partial charge in [0.1, 0.15) is 11.6 Å². The van der Waals surface area contributed by atoms with Gasteiger partial charge < -0.3 is 10.1 Å². The summed E-state index contributed by atoms with van der Waals surface area (Å²) in [4.78, 5) is 12.3. The molecule has 0 bridgehead atoms. The van der Waals surface area contributed by atoms with Crippen molar-refractivity contribution in [3.8, 4) is 5.75 Å². The number of ether oxygens (including phenoxy) is 1. The normalized spacial score (nSPS) is 12.1. The molecular formula is C22H21FN2O4S. The molecule has 8 heteroatoms. The van der Waals surface area contributed by atoms with Crippen LogP contribution in [0.4, 0.5) is 15.8 Å². The molecule has 6 nitrogen and oxygen atoms in total. The molecule has 3 aromatic rings. The molecule has 156 valence electrons. The van der Waals surface area contributed by atoms with Crippen molar-refractivity contribution in [2.75, 3.05) is 10.0 Å². The molecule has 0 aromatic heterocycles. The Morgan fingerprint density at radius 1 is 1.00 bits per heavy atom. The predicted octanol–water partition coefficient (Wildman–Crippen LogP) is 4.34. The first kappa shape index (κ1) is 21.3. The van der Waals surface area contributed by atoms with Gasteiger partial charge in [-0.3, -0.25) is 9.52 Å². The summed E-state index contributed by atoms with van der Waals surface area (Å²) in [5.74, 6) is -0.470. The molecule has 1 amide bonds. The molecule has 0 saturated heterocycles. The SMILES string of the molecule is Cc1cccc(O[C@@H](C)C(=O)Nc2ccc(S(=O)(=O)Nc3ccccc3F)cc2)c1. The van der Waals surface area contributed by atoms with Crippen molar-refractivity contribution in [1.29, 1.82) is 0 Å². The Morgan fingerprint density at radius 3 is 2.37 bits per heavy atom. The van der Waals surface area contributed by atoms with Crippen molar-refractivity contribution in [3.05, 3.63) is 84.2 Å². The van der Waals surface area contributed by atoms with E-state index >= 15 is 0 Å². The number of carbonyl (C=O) groups excluding carboxylic acids is 1. The van der Waals surface area contributed by atoms with E-state index in [1.165, 1.54) is 42.5 Å². The van der Waals surface area contributed by atoms with Crippen LogP contribution >= 0.6 is 0 Å². The number of rotatable bonds is 7. The van der Waals surface area contributed by atoms with Crippen LogP contribution < -0.4 is 14.8 Å². The lowest BCUT2D eigenvalue weighted by Gasteiger charge is -2.15. The summed E-state index contributed by atoms with van der Waals surface area (Å²) < 4.78 is 46.4. The van der Waals surface area contributed by atoms with Crippen LogP contribution in [0.3, 0.4) is 0 Å². The lowest BCUT2D eigenvalue weighted by atomic mass is 10.2. The van der Waals surface area contributed by atoms with Crippen molar-refractivity contribution in [1.82, 2.24) is 0 Å². The molecule has 1 atom stereocenters. The molecular weight excluding hydrogens is 407 g/mol. The molecule has 0 aliphatic rings. The fourth-order valence-electron chi connectivity index (χ4n) is 2.66. The van der Waals surface area contributed by atoms with Crippen molar-refractivity contribution in [3.63, 3.8) is 0 Å². The van der Waals surface area contributed by atoms with E-state index in [9.17, 15) is 17.6 Å². The molecule has 0 unspecified atom stereocenters. The molecule has 0 aliphatic heterocycles. The highest BCUT2D eigenvalue weighted by Crippen LogP contribution is 2.21. The van der Waals surface area contributed by atoms with Crippen LogP contribution in [-0.4, -0.2) is 20.4 Å². The minimum Gasteiger partial charge on any atom is -0.481 e. The van der Waals surface area contributed by atoms with E-state index in [0.717, 1.165) is 11.6 Å². The van der Waals surface area contributed by atoms with Gasteiger partial charge in [0, 0.05) is 5.69 Å². The van der Waals surface area contributed by atoms with Gasteiger partial charge in [-0.25, -0.2) is 12.8 Å². The van der Waals surface area contributed by atoms with Gasteiger partial charge in [-0.2, -0.15) is 0 Å². The number of anilines is 2. The van der Waals surface area contributed by atoms with Crippen molar-refractivity contribution in [2.24, 2.45) is 0 Å². The topological polar surface area (TPSA) is 84.5 Å². The lowest BCUT2D eigenvalue weighted by Crippen LogP contribution is -2.30. The van der Waals surface area contributed by atoms with Gasteiger partial charge in [-0.15, -0.1) is 0 Å². The molecule has 3 rings (SSSR count). The zero-order chi connectivity index (χ0) is 21.7. The zero-order valence-corrected chi connectivity index (χ0v) is 17.2. The van der Waals surface area contributed by atoms with Gasteiger partial charge in [-0.05, 0) is 67.9 Å². The van der Waals surface area contributed by atoms with E-state index in [1.54, 1.807) is 13.0 Å². The van der Waals surface area contributed by atoms with Crippen molar-refractivity contribution in [2.45, 2.75) is 24.8 Å². The maximum Gasteiger partial charge on any atom is 0.265 e. The van der Waals surface area contributed by atoms with Crippen molar-refractivity contribution < 1.29 is 22.3 Å². The van der Waals surface area contributed by atoms with Crippen LogP contribution in [0, 0.1) is 12.7 Å². The van der Waals surface area contributed by atoms with Gasteiger partial charge in [0.2, 0.25) is 0 Å². The van der Waals surface area contributed by atoms with Crippen LogP contribution in [0.5, 0.6) is 5.75 Å². The fourth-order valence-corrected chi connectivity index (χ4v) is 3.72. The number of aryl methyl sites for hydroxylation is 1. The third kappa shape index (κ3) is 5.36. The van der Waals surface area contributed by atoms with Gasteiger partial charge >= 0.3 is 0 Å². The molecule has 30 heavy (non-hydrogen) atoms. The maximum atomic E-state index is 13.7. The summed E-state index contributed by atoms with van der Waals surface area (Å²) in [5, 5.41) is 2.67. The lowest BCUT2D eigenvalue weighted by molar-refractivity contribution is -0.122. The molecule has 0 aliphatic carbocycles. The van der Waals surface area contributed by atoms with Gasteiger partial charge in [0.15, 0.2) is 6.10 Å². The van der Waals surface area contributed by atoms with Crippen LogP contribution in [0.15, 0.2) is 77.7 Å². The number of benzene rings is 3. The van der Waals surface area contributed by atoms with E-state index in [4.69, 9.17) is 4.74 Å². The monoisotopic (exact) mass is 428 g/mol. The number of amides is 1. The summed E-state index contributed by atoms with van der Waals surface area (Å²) in [6, 6.07) is 18.4. The first-order chi connectivity index (χ1) is 14.2. The Labute approximate surface area is 174 Å². The molecule has 2 N–H and O–H groups in total. The average molecular weight is 428 g/mol. The summed E-state index contributed by atoms with van der Waals surface area (Å²) in [6.07, 6.45) is -0.752. The second-order valence-electron chi connectivity index (χ2n) is 6.68. The quantitative estimate of drug-likeness (QED) is 0.586. The molecule has 3 aromatic carbocycles. The minimum atomic E-state index is -3.97.